The third-order valence-corrected chi connectivity index (χ3v) is 2.39. The Morgan fingerprint density at radius 1 is 1.33 bits per heavy atom. The Morgan fingerprint density at radius 3 is 2.40 bits per heavy atom. The first-order valence-corrected chi connectivity index (χ1v) is 4.55. The van der Waals surface area contributed by atoms with Crippen LogP contribution in [0.3, 0.4) is 0 Å². The number of alkyl halides is 1. The van der Waals surface area contributed by atoms with Crippen LogP contribution >= 0.6 is 0 Å². The van der Waals surface area contributed by atoms with Crippen LogP contribution in [0.1, 0.15) is 22.8 Å². The lowest BCUT2D eigenvalue weighted by Gasteiger charge is -2.13. The summed E-state index contributed by atoms with van der Waals surface area (Å²) in [4.78, 5) is 10.3. The molecule has 0 saturated carbocycles. The summed E-state index contributed by atoms with van der Waals surface area (Å²) in [6, 6.07) is 4.85. The topological polar surface area (TPSA) is 57.5 Å². The van der Waals surface area contributed by atoms with Crippen LogP contribution in [0.5, 0.6) is 0 Å². The summed E-state index contributed by atoms with van der Waals surface area (Å²) in [6.07, 6.45) is -3.89. The molecule has 3 nitrogen and oxygen atoms in total. The minimum Gasteiger partial charge on any atom is -0.479 e. The maximum atomic E-state index is 13.0. The van der Waals surface area contributed by atoms with Gasteiger partial charge < -0.3 is 10.2 Å². The molecule has 0 radical (unpaired) electrons. The molecule has 0 aliphatic heterocycles. The third-order valence-electron chi connectivity index (χ3n) is 2.39. The van der Waals surface area contributed by atoms with Crippen molar-refractivity contribution in [2.24, 2.45) is 0 Å². The average molecular weight is 212 g/mol. The maximum absolute atomic E-state index is 13.0. The molecule has 1 rings (SSSR count). The van der Waals surface area contributed by atoms with E-state index in [1.807, 2.05) is 13.8 Å². The van der Waals surface area contributed by atoms with Crippen molar-refractivity contribution in [3.63, 3.8) is 0 Å². The third kappa shape index (κ3) is 2.53. The second-order valence-corrected chi connectivity index (χ2v) is 3.53. The fraction of sp³-hybridized carbons (Fsp3) is 0.364. The first-order valence-electron chi connectivity index (χ1n) is 4.55. The van der Waals surface area contributed by atoms with E-state index in [1.165, 1.54) is 6.07 Å². The Kier molecular flexibility index (Phi) is 3.42. The normalized spacial score (nSPS) is 14.7. The van der Waals surface area contributed by atoms with Gasteiger partial charge in [0.25, 0.3) is 0 Å². The Balaban J connectivity index is 2.96. The minimum atomic E-state index is -2.29. The Labute approximate surface area is 87.2 Å². The molecule has 0 heterocycles. The molecule has 82 valence electrons. The summed E-state index contributed by atoms with van der Waals surface area (Å²) in [5.74, 6) is -1.65. The number of aliphatic hydroxyl groups excluding tert-OH is 1. The highest BCUT2D eigenvalue weighted by Gasteiger charge is 2.27. The van der Waals surface area contributed by atoms with Crippen LogP contribution in [0.2, 0.25) is 0 Å². The van der Waals surface area contributed by atoms with Crippen LogP contribution in [0.4, 0.5) is 4.39 Å². The molecule has 0 spiro atoms. The van der Waals surface area contributed by atoms with E-state index in [1.54, 1.807) is 12.1 Å². The predicted octanol–water partition coefficient (Wildman–Crippen LogP) is 1.76. The SMILES string of the molecule is Cc1ccc(C(O)C(F)C(=O)O)cc1C. The Bertz CT molecular complexity index is 376. The van der Waals surface area contributed by atoms with Gasteiger partial charge in [0.1, 0.15) is 6.10 Å². The van der Waals surface area contributed by atoms with Gasteiger partial charge in [-0.3, -0.25) is 0 Å². The molecule has 0 aliphatic carbocycles. The number of carboxylic acids is 1. The van der Waals surface area contributed by atoms with Gasteiger partial charge in [0, 0.05) is 0 Å². The summed E-state index contributed by atoms with van der Waals surface area (Å²) in [5.41, 5.74) is 2.19. The van der Waals surface area contributed by atoms with Crippen molar-refractivity contribution in [1.82, 2.24) is 0 Å². The lowest BCUT2D eigenvalue weighted by Crippen LogP contribution is -2.23. The van der Waals surface area contributed by atoms with Gasteiger partial charge in [-0.25, -0.2) is 9.18 Å². The summed E-state index contributed by atoms with van der Waals surface area (Å²) in [5, 5.41) is 17.8. The second kappa shape index (κ2) is 4.40. The standard InChI is InChI=1S/C11H13FO3/c1-6-3-4-8(5-7(6)2)10(13)9(12)11(14)15/h3-5,9-10,13H,1-2H3,(H,14,15). The van der Waals surface area contributed by atoms with Crippen LogP contribution < -0.4 is 0 Å². The summed E-state index contributed by atoms with van der Waals surface area (Å²) in [7, 11) is 0. The Hall–Kier alpha value is -1.42. The quantitative estimate of drug-likeness (QED) is 0.802. The largest absolute Gasteiger partial charge is 0.479 e. The van der Waals surface area contributed by atoms with Crippen molar-refractivity contribution >= 4 is 5.97 Å². The number of carbonyl (C=O) groups is 1. The first kappa shape index (κ1) is 11.7. The lowest BCUT2D eigenvalue weighted by atomic mass is 10.0. The van der Waals surface area contributed by atoms with Crippen LogP contribution in [0.15, 0.2) is 18.2 Å². The van der Waals surface area contributed by atoms with Crippen LogP contribution in [0.25, 0.3) is 0 Å². The van der Waals surface area contributed by atoms with E-state index in [0.29, 0.717) is 0 Å². The summed E-state index contributed by atoms with van der Waals surface area (Å²) in [6.45, 7) is 3.70. The number of hydrogen-bond acceptors (Lipinski definition) is 2. The molecule has 0 amide bonds. The van der Waals surface area contributed by atoms with Crippen molar-refractivity contribution in [3.8, 4) is 0 Å². The van der Waals surface area contributed by atoms with Crippen molar-refractivity contribution in [2.75, 3.05) is 0 Å². The van der Waals surface area contributed by atoms with Crippen molar-refractivity contribution in [1.29, 1.82) is 0 Å². The van der Waals surface area contributed by atoms with Gasteiger partial charge in [-0.15, -0.1) is 0 Å². The molecule has 0 aliphatic rings. The highest BCUT2D eigenvalue weighted by atomic mass is 19.1. The minimum absolute atomic E-state index is 0.285. The molecule has 0 saturated heterocycles. The molecule has 4 heteroatoms. The fourth-order valence-electron chi connectivity index (χ4n) is 1.25. The second-order valence-electron chi connectivity index (χ2n) is 3.53. The van der Waals surface area contributed by atoms with E-state index in [4.69, 9.17) is 5.11 Å². The van der Waals surface area contributed by atoms with Gasteiger partial charge in [-0.05, 0) is 30.5 Å². The molecular formula is C11H13FO3. The highest BCUT2D eigenvalue weighted by molar-refractivity contribution is 5.73. The highest BCUT2D eigenvalue weighted by Crippen LogP contribution is 2.21. The smallest absolute Gasteiger partial charge is 0.341 e. The molecule has 0 bridgehead atoms. The van der Waals surface area contributed by atoms with Crippen LogP contribution in [-0.4, -0.2) is 22.4 Å². The van der Waals surface area contributed by atoms with Gasteiger partial charge in [0.05, 0.1) is 0 Å². The summed E-state index contributed by atoms with van der Waals surface area (Å²) < 4.78 is 13.0. The first-order chi connectivity index (χ1) is 6.93. The van der Waals surface area contributed by atoms with Gasteiger partial charge in [-0.1, -0.05) is 18.2 Å². The molecule has 15 heavy (non-hydrogen) atoms. The number of aliphatic hydroxyl groups is 1. The van der Waals surface area contributed by atoms with Crippen LogP contribution in [0, 0.1) is 13.8 Å². The molecule has 2 atom stereocenters. The van der Waals surface area contributed by atoms with Crippen molar-refractivity contribution < 1.29 is 19.4 Å². The molecule has 1 aromatic rings. The summed E-state index contributed by atoms with van der Waals surface area (Å²) >= 11 is 0. The number of benzene rings is 1. The molecule has 0 fully saturated rings. The Morgan fingerprint density at radius 2 is 1.93 bits per heavy atom. The van der Waals surface area contributed by atoms with Crippen LogP contribution in [-0.2, 0) is 4.79 Å². The number of aryl methyl sites for hydroxylation is 2. The van der Waals surface area contributed by atoms with E-state index in [2.05, 4.69) is 0 Å². The average Bonchev–Trinajstić information content (AvgIpc) is 2.19. The zero-order valence-electron chi connectivity index (χ0n) is 8.57. The molecule has 1 aromatic carbocycles. The van der Waals surface area contributed by atoms with Gasteiger partial charge in [-0.2, -0.15) is 0 Å². The van der Waals surface area contributed by atoms with Gasteiger partial charge in [0.15, 0.2) is 0 Å². The van der Waals surface area contributed by atoms with E-state index in [9.17, 15) is 14.3 Å². The number of halogens is 1. The lowest BCUT2D eigenvalue weighted by molar-refractivity contribution is -0.147. The molecule has 2 N–H and O–H groups in total. The molecular weight excluding hydrogens is 199 g/mol. The van der Waals surface area contributed by atoms with Crippen molar-refractivity contribution in [3.05, 3.63) is 34.9 Å². The fourth-order valence-corrected chi connectivity index (χ4v) is 1.25. The van der Waals surface area contributed by atoms with E-state index < -0.39 is 18.2 Å². The number of aliphatic carboxylic acids is 1. The monoisotopic (exact) mass is 212 g/mol. The zero-order valence-corrected chi connectivity index (χ0v) is 8.57. The van der Waals surface area contributed by atoms with Gasteiger partial charge in [0.2, 0.25) is 6.17 Å². The van der Waals surface area contributed by atoms with E-state index >= 15 is 0 Å². The number of rotatable bonds is 3. The van der Waals surface area contributed by atoms with Gasteiger partial charge >= 0.3 is 5.97 Å². The number of carboxylic acid groups (broad SMARTS) is 1. The number of hydrogen-bond donors (Lipinski definition) is 2. The predicted molar refractivity (Wildman–Crippen MR) is 53.4 cm³/mol. The van der Waals surface area contributed by atoms with E-state index in [0.717, 1.165) is 11.1 Å². The maximum Gasteiger partial charge on any atom is 0.341 e. The van der Waals surface area contributed by atoms with Crippen molar-refractivity contribution in [2.45, 2.75) is 26.1 Å². The molecule has 2 unspecified atom stereocenters. The zero-order chi connectivity index (χ0) is 11.6. The molecule has 0 aromatic heterocycles. The van der Waals surface area contributed by atoms with E-state index in [-0.39, 0.29) is 5.56 Å².